The number of carbonyl (C=O) groups is 2. The summed E-state index contributed by atoms with van der Waals surface area (Å²) in [6.07, 6.45) is 1.90. The number of fused-ring (bicyclic) bond motifs is 1. The maximum atomic E-state index is 12.9. The number of nitrogens with one attached hydrogen (secondary N) is 1. The molecule has 6 heteroatoms. The van der Waals surface area contributed by atoms with Gasteiger partial charge in [-0.25, -0.2) is 0 Å². The molecule has 4 rings (SSSR count). The minimum atomic E-state index is 0.0660. The highest BCUT2D eigenvalue weighted by Gasteiger charge is 2.32. The lowest BCUT2D eigenvalue weighted by Gasteiger charge is -2.32. The summed E-state index contributed by atoms with van der Waals surface area (Å²) in [5.41, 5.74) is 2.83. The Hall–Kier alpha value is -1.92. The van der Waals surface area contributed by atoms with E-state index < -0.39 is 0 Å². The molecular formula is C19H26N4O2. The van der Waals surface area contributed by atoms with Gasteiger partial charge in [-0.2, -0.15) is 0 Å². The Kier molecular flexibility index (Phi) is 4.48. The second kappa shape index (κ2) is 6.77. The first-order valence-electron chi connectivity index (χ1n) is 9.28. The fourth-order valence-corrected chi connectivity index (χ4v) is 4.32. The van der Waals surface area contributed by atoms with Crippen molar-refractivity contribution in [2.75, 3.05) is 50.7 Å². The molecule has 0 saturated carbocycles. The summed E-state index contributed by atoms with van der Waals surface area (Å²) in [7, 11) is 0. The molecule has 0 aliphatic carbocycles. The van der Waals surface area contributed by atoms with E-state index in [1.807, 2.05) is 23.1 Å². The quantitative estimate of drug-likeness (QED) is 0.860. The first-order chi connectivity index (χ1) is 12.1. The van der Waals surface area contributed by atoms with Gasteiger partial charge in [0, 0.05) is 70.0 Å². The van der Waals surface area contributed by atoms with Crippen LogP contribution >= 0.6 is 0 Å². The third-order valence-electron chi connectivity index (χ3n) is 5.72. The number of hydrogen-bond donors (Lipinski definition) is 1. The number of rotatable bonds is 2. The van der Waals surface area contributed by atoms with E-state index in [1.165, 1.54) is 0 Å². The van der Waals surface area contributed by atoms with Crippen molar-refractivity contribution in [1.29, 1.82) is 0 Å². The van der Waals surface area contributed by atoms with Gasteiger partial charge in [-0.3, -0.25) is 14.5 Å². The van der Waals surface area contributed by atoms with E-state index >= 15 is 0 Å². The molecule has 25 heavy (non-hydrogen) atoms. The number of nitrogens with zero attached hydrogens (tertiary/aromatic N) is 3. The van der Waals surface area contributed by atoms with Gasteiger partial charge in [-0.15, -0.1) is 0 Å². The lowest BCUT2D eigenvalue weighted by molar-refractivity contribution is -0.116. The fourth-order valence-electron chi connectivity index (χ4n) is 4.32. The normalized spacial score (nSPS) is 23.8. The van der Waals surface area contributed by atoms with Crippen molar-refractivity contribution in [3.8, 4) is 0 Å². The van der Waals surface area contributed by atoms with E-state index in [4.69, 9.17) is 0 Å². The number of likely N-dealkylation sites (tertiary alicyclic amines) is 1. The summed E-state index contributed by atoms with van der Waals surface area (Å²) in [6.45, 7) is 8.22. The molecule has 0 bridgehead atoms. The number of anilines is 1. The smallest absolute Gasteiger partial charge is 0.253 e. The molecule has 0 spiro atoms. The van der Waals surface area contributed by atoms with Crippen molar-refractivity contribution >= 4 is 17.5 Å². The van der Waals surface area contributed by atoms with Crippen LogP contribution in [0.4, 0.5) is 5.69 Å². The summed E-state index contributed by atoms with van der Waals surface area (Å²) in [5, 5.41) is 3.38. The summed E-state index contributed by atoms with van der Waals surface area (Å²) >= 11 is 0. The van der Waals surface area contributed by atoms with Crippen LogP contribution in [-0.2, 0) is 11.2 Å². The van der Waals surface area contributed by atoms with Crippen LogP contribution in [0.25, 0.3) is 0 Å². The van der Waals surface area contributed by atoms with E-state index in [-0.39, 0.29) is 11.8 Å². The average molecular weight is 342 g/mol. The maximum absolute atomic E-state index is 12.9. The number of piperazine rings is 1. The van der Waals surface area contributed by atoms with Crippen LogP contribution in [0.3, 0.4) is 0 Å². The predicted octanol–water partition coefficient (Wildman–Crippen LogP) is 0.715. The van der Waals surface area contributed by atoms with Crippen molar-refractivity contribution in [2.45, 2.75) is 25.8 Å². The third-order valence-corrected chi connectivity index (χ3v) is 5.72. The van der Waals surface area contributed by atoms with Crippen LogP contribution in [-0.4, -0.2) is 73.5 Å². The van der Waals surface area contributed by atoms with Gasteiger partial charge in [0.2, 0.25) is 5.91 Å². The lowest BCUT2D eigenvalue weighted by atomic mass is 10.1. The third kappa shape index (κ3) is 3.16. The Bertz CT molecular complexity index is 684. The summed E-state index contributed by atoms with van der Waals surface area (Å²) in [5.74, 6) is 0.193. The van der Waals surface area contributed by atoms with Gasteiger partial charge in [0.05, 0.1) is 0 Å². The highest BCUT2D eigenvalue weighted by molar-refractivity contribution is 5.98. The molecule has 2 saturated heterocycles. The minimum absolute atomic E-state index is 0.0660. The van der Waals surface area contributed by atoms with Crippen LogP contribution in [0, 0.1) is 0 Å². The van der Waals surface area contributed by atoms with Crippen LogP contribution in [0.2, 0.25) is 0 Å². The van der Waals surface area contributed by atoms with Gasteiger partial charge in [0.25, 0.3) is 5.91 Å². The predicted molar refractivity (Wildman–Crippen MR) is 96.9 cm³/mol. The molecule has 3 aliphatic heterocycles. The summed E-state index contributed by atoms with van der Waals surface area (Å²) in [4.78, 5) is 30.9. The molecule has 1 N–H and O–H groups in total. The van der Waals surface area contributed by atoms with Gasteiger partial charge in [-0.05, 0) is 36.6 Å². The minimum Gasteiger partial charge on any atom is -0.337 e. The molecule has 1 atom stereocenters. The van der Waals surface area contributed by atoms with Crippen LogP contribution in [0.1, 0.15) is 29.3 Å². The molecule has 0 aromatic heterocycles. The zero-order valence-electron chi connectivity index (χ0n) is 14.8. The molecule has 3 aliphatic rings. The van der Waals surface area contributed by atoms with E-state index in [0.29, 0.717) is 6.04 Å². The molecule has 134 valence electrons. The lowest BCUT2D eigenvalue weighted by Crippen LogP contribution is -2.49. The molecule has 0 radical (unpaired) electrons. The van der Waals surface area contributed by atoms with E-state index in [9.17, 15) is 9.59 Å². The van der Waals surface area contributed by atoms with Gasteiger partial charge in [-0.1, -0.05) is 0 Å². The van der Waals surface area contributed by atoms with Crippen LogP contribution in [0.5, 0.6) is 0 Å². The van der Waals surface area contributed by atoms with Crippen molar-refractivity contribution in [1.82, 2.24) is 15.1 Å². The van der Waals surface area contributed by atoms with E-state index in [1.54, 1.807) is 11.8 Å². The number of carbonyl (C=O) groups excluding carboxylic acids is 2. The SMILES string of the molecule is CC(=O)N1CCc2cc(C(=O)N3CCC(N4CCNCC4)C3)ccc21. The second-order valence-corrected chi connectivity index (χ2v) is 7.24. The summed E-state index contributed by atoms with van der Waals surface area (Å²) in [6, 6.07) is 6.29. The monoisotopic (exact) mass is 342 g/mol. The number of benzene rings is 1. The Labute approximate surface area is 148 Å². The van der Waals surface area contributed by atoms with Crippen LogP contribution in [0.15, 0.2) is 18.2 Å². The van der Waals surface area contributed by atoms with Crippen molar-refractivity contribution in [3.05, 3.63) is 29.3 Å². The van der Waals surface area contributed by atoms with Gasteiger partial charge < -0.3 is 15.1 Å². The number of amides is 2. The Morgan fingerprint density at radius 3 is 2.68 bits per heavy atom. The second-order valence-electron chi connectivity index (χ2n) is 7.24. The number of hydrogen-bond acceptors (Lipinski definition) is 4. The van der Waals surface area contributed by atoms with Crippen molar-refractivity contribution in [3.63, 3.8) is 0 Å². The maximum Gasteiger partial charge on any atom is 0.253 e. The molecule has 1 aromatic rings. The molecule has 1 unspecified atom stereocenters. The van der Waals surface area contributed by atoms with Gasteiger partial charge in [0.1, 0.15) is 0 Å². The Morgan fingerprint density at radius 1 is 1.12 bits per heavy atom. The molecule has 1 aromatic carbocycles. The van der Waals surface area contributed by atoms with E-state index in [0.717, 1.165) is 75.5 Å². The topological polar surface area (TPSA) is 55.9 Å². The fraction of sp³-hybridized carbons (Fsp3) is 0.579. The molecule has 3 heterocycles. The largest absolute Gasteiger partial charge is 0.337 e. The Morgan fingerprint density at radius 2 is 1.92 bits per heavy atom. The van der Waals surface area contributed by atoms with Gasteiger partial charge >= 0.3 is 0 Å². The Balaban J connectivity index is 1.44. The van der Waals surface area contributed by atoms with E-state index in [2.05, 4.69) is 10.2 Å². The molecule has 6 nitrogen and oxygen atoms in total. The van der Waals surface area contributed by atoms with Gasteiger partial charge in [0.15, 0.2) is 0 Å². The van der Waals surface area contributed by atoms with Crippen molar-refractivity contribution in [2.24, 2.45) is 0 Å². The van der Waals surface area contributed by atoms with Crippen LogP contribution < -0.4 is 10.2 Å². The highest BCUT2D eigenvalue weighted by Crippen LogP contribution is 2.29. The highest BCUT2D eigenvalue weighted by atomic mass is 16.2. The first-order valence-corrected chi connectivity index (χ1v) is 9.28. The zero-order chi connectivity index (χ0) is 17.4. The first kappa shape index (κ1) is 16.5. The molecule has 2 amide bonds. The zero-order valence-corrected chi connectivity index (χ0v) is 14.8. The molecule has 2 fully saturated rings. The summed E-state index contributed by atoms with van der Waals surface area (Å²) < 4.78 is 0. The molecular weight excluding hydrogens is 316 g/mol. The average Bonchev–Trinajstić information content (AvgIpc) is 3.28. The van der Waals surface area contributed by atoms with Crippen molar-refractivity contribution < 1.29 is 9.59 Å². The standard InChI is InChI=1S/C19H26N4O2/c1-14(24)23-9-4-15-12-16(2-3-18(15)23)19(25)22-8-5-17(13-22)21-10-6-20-7-11-21/h2-3,12,17,20H,4-11,13H2,1H3.